The number of carbonyl (C=O) groups is 1. The average Bonchev–Trinajstić information content (AvgIpc) is 2.12. The van der Waals surface area contributed by atoms with Crippen LogP contribution in [-0.4, -0.2) is 28.9 Å². The largest absolute Gasteiger partial charge is 0.323 e. The van der Waals surface area contributed by atoms with Gasteiger partial charge in [-0.15, -0.1) is 6.42 Å². The Morgan fingerprint density at radius 3 is 2.75 bits per heavy atom. The Kier molecular flexibility index (Phi) is 2.12. The number of hydrogen-bond acceptors (Lipinski definition) is 2. The van der Waals surface area contributed by atoms with Gasteiger partial charge in [-0.1, -0.05) is 12.8 Å². The molecule has 1 fully saturated rings. The lowest BCUT2D eigenvalue weighted by Crippen LogP contribution is -2.67. The van der Waals surface area contributed by atoms with Crippen LogP contribution in [0.1, 0.15) is 20.3 Å². The zero-order valence-corrected chi connectivity index (χ0v) is 7.50. The fraction of sp³-hybridized carbons (Fsp3) is 0.667. The van der Waals surface area contributed by atoms with E-state index in [1.54, 1.807) is 4.90 Å². The lowest BCUT2D eigenvalue weighted by molar-refractivity contribution is -0.148. The van der Waals surface area contributed by atoms with Crippen LogP contribution in [0.2, 0.25) is 0 Å². The van der Waals surface area contributed by atoms with Crippen molar-refractivity contribution in [3.05, 3.63) is 0 Å². The summed E-state index contributed by atoms with van der Waals surface area (Å²) < 4.78 is 0. The van der Waals surface area contributed by atoms with Crippen LogP contribution in [0.4, 0.5) is 0 Å². The molecule has 0 radical (unpaired) electrons. The van der Waals surface area contributed by atoms with Gasteiger partial charge in [-0.25, -0.2) is 0 Å². The molecule has 1 amide bonds. The Morgan fingerprint density at radius 2 is 2.50 bits per heavy atom. The summed E-state index contributed by atoms with van der Waals surface area (Å²) in [5.74, 6) is 2.60. The van der Waals surface area contributed by atoms with Gasteiger partial charge in [0.1, 0.15) is 11.6 Å². The molecule has 0 aromatic heterocycles. The third kappa shape index (κ3) is 1.09. The Bertz CT molecular complexity index is 243. The molecule has 1 saturated heterocycles. The van der Waals surface area contributed by atoms with Crippen molar-refractivity contribution < 1.29 is 4.79 Å². The quantitative estimate of drug-likeness (QED) is 0.462. The maximum absolute atomic E-state index is 11.2. The molecule has 12 heavy (non-hydrogen) atoms. The number of nitrogens with two attached hydrogens (primary N) is 1. The predicted molar refractivity (Wildman–Crippen MR) is 47.2 cm³/mol. The van der Waals surface area contributed by atoms with Crippen molar-refractivity contribution in [3.63, 3.8) is 0 Å². The zero-order chi connectivity index (χ0) is 9.35. The second kappa shape index (κ2) is 2.80. The van der Waals surface area contributed by atoms with E-state index in [-0.39, 0.29) is 11.9 Å². The summed E-state index contributed by atoms with van der Waals surface area (Å²) >= 11 is 0. The van der Waals surface area contributed by atoms with Crippen LogP contribution < -0.4 is 5.73 Å². The number of rotatable bonds is 2. The van der Waals surface area contributed by atoms with E-state index in [1.807, 2.05) is 13.8 Å². The van der Waals surface area contributed by atoms with Crippen LogP contribution >= 0.6 is 0 Å². The summed E-state index contributed by atoms with van der Waals surface area (Å²) in [4.78, 5) is 12.9. The van der Waals surface area contributed by atoms with Crippen molar-refractivity contribution in [3.8, 4) is 12.3 Å². The fourth-order valence-corrected chi connectivity index (χ4v) is 1.27. The highest BCUT2D eigenvalue weighted by molar-refractivity contribution is 5.88. The van der Waals surface area contributed by atoms with E-state index in [0.717, 1.165) is 6.42 Å². The Labute approximate surface area is 72.9 Å². The first kappa shape index (κ1) is 9.08. The topological polar surface area (TPSA) is 46.3 Å². The first-order valence-corrected chi connectivity index (χ1v) is 4.10. The zero-order valence-electron chi connectivity index (χ0n) is 7.50. The molecule has 3 heteroatoms. The minimum absolute atomic E-state index is 0.0303. The first-order chi connectivity index (χ1) is 5.55. The monoisotopic (exact) mass is 166 g/mol. The fourth-order valence-electron chi connectivity index (χ4n) is 1.27. The molecule has 0 aromatic rings. The minimum Gasteiger partial charge on any atom is -0.323 e. The van der Waals surface area contributed by atoms with Crippen LogP contribution in [-0.2, 0) is 4.79 Å². The van der Waals surface area contributed by atoms with E-state index in [1.165, 1.54) is 0 Å². The van der Waals surface area contributed by atoms with Gasteiger partial charge in [0.25, 0.3) is 0 Å². The number of terminal acetylenes is 1. The van der Waals surface area contributed by atoms with Crippen LogP contribution in [0, 0.1) is 12.3 Å². The molecule has 0 aromatic carbocycles. The Hall–Kier alpha value is -1.01. The molecular formula is C9H14N2O. The maximum Gasteiger partial charge on any atom is 0.242 e. The molecule has 0 bridgehead atoms. The van der Waals surface area contributed by atoms with E-state index in [2.05, 4.69) is 5.92 Å². The lowest BCUT2D eigenvalue weighted by Gasteiger charge is -2.46. The molecule has 3 nitrogen and oxygen atoms in total. The second-order valence-electron chi connectivity index (χ2n) is 3.33. The smallest absolute Gasteiger partial charge is 0.242 e. The summed E-state index contributed by atoms with van der Waals surface area (Å²) in [6, 6.07) is -0.329. The van der Waals surface area contributed by atoms with E-state index in [4.69, 9.17) is 12.2 Å². The first-order valence-electron chi connectivity index (χ1n) is 4.10. The number of likely N-dealkylation sites (tertiary alicyclic amines) is 1. The van der Waals surface area contributed by atoms with Crippen molar-refractivity contribution in [2.24, 2.45) is 5.73 Å². The molecule has 0 saturated carbocycles. The highest BCUT2D eigenvalue weighted by Gasteiger charge is 2.43. The molecule has 1 heterocycles. The lowest BCUT2D eigenvalue weighted by atomic mass is 9.91. The van der Waals surface area contributed by atoms with Crippen LogP contribution in [0.5, 0.6) is 0 Å². The molecule has 2 unspecified atom stereocenters. The molecule has 1 aliphatic rings. The van der Waals surface area contributed by atoms with Crippen molar-refractivity contribution in [2.45, 2.75) is 31.8 Å². The average molecular weight is 166 g/mol. The van der Waals surface area contributed by atoms with Crippen molar-refractivity contribution in [1.29, 1.82) is 0 Å². The third-order valence-corrected chi connectivity index (χ3v) is 2.56. The summed E-state index contributed by atoms with van der Waals surface area (Å²) in [5.41, 5.74) is 5.02. The minimum atomic E-state index is -0.438. The molecular weight excluding hydrogens is 152 g/mol. The normalized spacial score (nSPS) is 27.3. The Morgan fingerprint density at radius 1 is 1.92 bits per heavy atom. The van der Waals surface area contributed by atoms with Gasteiger partial charge in [0, 0.05) is 6.54 Å². The summed E-state index contributed by atoms with van der Waals surface area (Å²) in [6.45, 7) is 4.45. The van der Waals surface area contributed by atoms with Crippen molar-refractivity contribution >= 4 is 5.91 Å². The van der Waals surface area contributed by atoms with E-state index in [0.29, 0.717) is 6.54 Å². The molecule has 1 rings (SSSR count). The molecule has 0 aliphatic carbocycles. The van der Waals surface area contributed by atoms with Crippen LogP contribution in [0.25, 0.3) is 0 Å². The number of carbonyl (C=O) groups excluding carboxylic acids is 1. The van der Waals surface area contributed by atoms with Crippen molar-refractivity contribution in [1.82, 2.24) is 4.90 Å². The number of nitrogens with zero attached hydrogens (tertiary/aromatic N) is 1. The van der Waals surface area contributed by atoms with Gasteiger partial charge in [0.2, 0.25) is 5.91 Å². The van der Waals surface area contributed by atoms with Gasteiger partial charge in [-0.2, -0.15) is 0 Å². The number of β-lactam (4-membered cyclic amide) rings is 1. The van der Waals surface area contributed by atoms with Gasteiger partial charge in [-0.3, -0.25) is 4.79 Å². The highest BCUT2D eigenvalue weighted by atomic mass is 16.2. The maximum atomic E-state index is 11.2. The molecule has 66 valence electrons. The highest BCUT2D eigenvalue weighted by Crippen LogP contribution is 2.24. The third-order valence-electron chi connectivity index (χ3n) is 2.56. The van der Waals surface area contributed by atoms with E-state index < -0.39 is 5.54 Å². The number of amides is 1. The molecule has 0 spiro atoms. The summed E-state index contributed by atoms with van der Waals surface area (Å²) in [6.07, 6.45) is 6.12. The van der Waals surface area contributed by atoms with Crippen LogP contribution in [0.3, 0.4) is 0 Å². The van der Waals surface area contributed by atoms with E-state index >= 15 is 0 Å². The SMILES string of the molecule is C#CC(C)(CC)N1CC(N)C1=O. The van der Waals surface area contributed by atoms with Gasteiger partial charge >= 0.3 is 0 Å². The predicted octanol–water partition coefficient (Wildman–Crippen LogP) is -0.0422. The summed E-state index contributed by atoms with van der Waals surface area (Å²) in [7, 11) is 0. The van der Waals surface area contributed by atoms with Crippen LogP contribution in [0.15, 0.2) is 0 Å². The number of hydrogen-bond donors (Lipinski definition) is 1. The van der Waals surface area contributed by atoms with Crippen molar-refractivity contribution in [2.75, 3.05) is 6.54 Å². The molecule has 2 N–H and O–H groups in total. The Balaban J connectivity index is 2.72. The van der Waals surface area contributed by atoms with E-state index in [9.17, 15) is 4.79 Å². The van der Waals surface area contributed by atoms with Gasteiger partial charge in [0.05, 0.1) is 0 Å². The molecule has 1 aliphatic heterocycles. The van der Waals surface area contributed by atoms with Gasteiger partial charge < -0.3 is 10.6 Å². The summed E-state index contributed by atoms with van der Waals surface area (Å²) in [5, 5.41) is 0. The van der Waals surface area contributed by atoms with Gasteiger partial charge in [-0.05, 0) is 13.3 Å². The standard InChI is InChI=1S/C9H14N2O/c1-4-9(3,5-2)11-6-7(10)8(11)12/h1,7H,5-6,10H2,2-3H3. The molecule has 2 atom stereocenters. The van der Waals surface area contributed by atoms with Gasteiger partial charge in [0.15, 0.2) is 0 Å². The second-order valence-corrected chi connectivity index (χ2v) is 3.33.